The normalized spacial score (nSPS) is 11.8. The average molecular weight is 179 g/mol. The predicted molar refractivity (Wildman–Crippen MR) is 37.4 cm³/mol. The topological polar surface area (TPSA) is 75.6 Å². The number of carbonyl (C=O) groups excluding carboxylic acids is 1. The number of hydrogen-bond acceptors (Lipinski definition) is 3. The van der Waals surface area contributed by atoms with Crippen LogP contribution in [0, 0.1) is 0 Å². The van der Waals surface area contributed by atoms with Gasteiger partial charge in [-0.15, -0.1) is 0 Å². The van der Waals surface area contributed by atoms with Crippen molar-refractivity contribution in [1.29, 1.82) is 0 Å². The second-order valence-electron chi connectivity index (χ2n) is 2.03. The summed E-state index contributed by atoms with van der Waals surface area (Å²) in [5.74, 6) is 0. The lowest BCUT2D eigenvalue weighted by Gasteiger charge is -2.07. The molecule has 0 fully saturated rings. The molecule has 0 aliphatic rings. The first kappa shape index (κ1) is 10.7. The van der Waals surface area contributed by atoms with E-state index in [1.807, 2.05) is 0 Å². The van der Waals surface area contributed by atoms with Crippen LogP contribution in [0.1, 0.15) is 19.8 Å². The number of nitrogens with one attached hydrogen (secondary N) is 1. The monoisotopic (exact) mass is 179 g/mol. The molecule has 0 saturated carbocycles. The van der Waals surface area contributed by atoms with Crippen molar-refractivity contribution in [3.05, 3.63) is 0 Å². The van der Waals surface area contributed by atoms with Gasteiger partial charge in [-0.25, -0.2) is 19.3 Å². The van der Waals surface area contributed by atoms with E-state index in [9.17, 15) is 14.0 Å². The smallest absolute Gasteiger partial charge is 0.419 e. The average Bonchev–Trinajstić information content (AvgIpc) is 1.84. The summed E-state index contributed by atoms with van der Waals surface area (Å²) in [6.07, 6.45) is -4.02. The van der Waals surface area contributed by atoms with Crippen LogP contribution in [-0.4, -0.2) is 23.7 Å². The van der Waals surface area contributed by atoms with E-state index in [0.29, 0.717) is 6.42 Å². The van der Waals surface area contributed by atoms with Gasteiger partial charge in [-0.2, -0.15) is 0 Å². The number of alkyl halides is 1. The highest BCUT2D eigenvalue weighted by molar-refractivity contribution is 5.86. The second kappa shape index (κ2) is 5.34. The maximum absolute atomic E-state index is 12.4. The van der Waals surface area contributed by atoms with Crippen LogP contribution in [0.25, 0.3) is 0 Å². The molecule has 1 unspecified atom stereocenters. The van der Waals surface area contributed by atoms with E-state index in [0.717, 1.165) is 0 Å². The van der Waals surface area contributed by atoms with E-state index in [1.54, 1.807) is 6.92 Å². The third-order valence-corrected chi connectivity index (χ3v) is 0.960. The summed E-state index contributed by atoms with van der Waals surface area (Å²) < 4.78 is 16.4. The van der Waals surface area contributed by atoms with Gasteiger partial charge < -0.3 is 9.84 Å². The van der Waals surface area contributed by atoms with Crippen LogP contribution in [0.5, 0.6) is 0 Å². The Morgan fingerprint density at radius 1 is 1.67 bits per heavy atom. The van der Waals surface area contributed by atoms with Crippen LogP contribution >= 0.6 is 0 Å². The lowest BCUT2D eigenvalue weighted by atomic mass is 10.3. The first-order chi connectivity index (χ1) is 5.56. The maximum atomic E-state index is 12.4. The van der Waals surface area contributed by atoms with E-state index in [-0.39, 0.29) is 6.42 Å². The Morgan fingerprint density at radius 2 is 2.25 bits per heavy atom. The minimum absolute atomic E-state index is 0.0625. The van der Waals surface area contributed by atoms with Gasteiger partial charge in [-0.1, -0.05) is 6.92 Å². The van der Waals surface area contributed by atoms with Gasteiger partial charge in [-0.05, 0) is 6.42 Å². The molecule has 12 heavy (non-hydrogen) atoms. The third kappa shape index (κ3) is 5.45. The first-order valence-corrected chi connectivity index (χ1v) is 3.41. The Bertz CT molecular complexity index is 173. The molecule has 0 bridgehead atoms. The Labute approximate surface area is 68.5 Å². The summed E-state index contributed by atoms with van der Waals surface area (Å²) in [5, 5.41) is 9.34. The van der Waals surface area contributed by atoms with Gasteiger partial charge in [0.05, 0.1) is 0 Å². The zero-order valence-corrected chi connectivity index (χ0v) is 6.54. The Hall–Kier alpha value is -1.33. The standard InChI is InChI=1S/C6H10FNO4/c1-2-3-4(7)12-6(11)8-5(9)10/h4H,2-3H2,1H3,(H,8,11)(H,9,10). The van der Waals surface area contributed by atoms with Crippen LogP contribution in [0.3, 0.4) is 0 Å². The fraction of sp³-hybridized carbons (Fsp3) is 0.667. The van der Waals surface area contributed by atoms with Gasteiger partial charge in [-0.3, -0.25) is 0 Å². The van der Waals surface area contributed by atoms with Crippen LogP contribution in [-0.2, 0) is 4.74 Å². The van der Waals surface area contributed by atoms with Crippen LogP contribution in [0.4, 0.5) is 14.0 Å². The molecule has 0 aromatic heterocycles. The lowest BCUT2D eigenvalue weighted by Crippen LogP contribution is -2.31. The minimum atomic E-state index is -1.74. The molecular formula is C6H10FNO4. The van der Waals surface area contributed by atoms with Crippen molar-refractivity contribution in [1.82, 2.24) is 5.32 Å². The van der Waals surface area contributed by atoms with Crippen molar-refractivity contribution in [3.8, 4) is 0 Å². The molecule has 0 aliphatic heterocycles. The van der Waals surface area contributed by atoms with Crippen LogP contribution in [0.15, 0.2) is 0 Å². The number of carbonyl (C=O) groups is 2. The molecule has 0 spiro atoms. The largest absolute Gasteiger partial charge is 0.465 e. The molecule has 0 rings (SSSR count). The quantitative estimate of drug-likeness (QED) is 0.688. The number of alkyl carbamates (subject to hydrolysis) is 1. The summed E-state index contributed by atoms with van der Waals surface area (Å²) >= 11 is 0. The van der Waals surface area contributed by atoms with Gasteiger partial charge >= 0.3 is 12.2 Å². The van der Waals surface area contributed by atoms with Crippen molar-refractivity contribution >= 4 is 12.2 Å². The number of rotatable bonds is 3. The summed E-state index contributed by atoms with van der Waals surface area (Å²) in [7, 11) is 0. The van der Waals surface area contributed by atoms with Gasteiger partial charge in [0.15, 0.2) is 0 Å². The number of hydrogen-bond donors (Lipinski definition) is 2. The first-order valence-electron chi connectivity index (χ1n) is 3.41. The Balaban J connectivity index is 3.61. The molecule has 0 aliphatic carbocycles. The molecule has 0 aromatic rings. The molecule has 2 N–H and O–H groups in total. The van der Waals surface area contributed by atoms with E-state index < -0.39 is 18.5 Å². The van der Waals surface area contributed by atoms with Gasteiger partial charge in [0.25, 0.3) is 0 Å². The highest BCUT2D eigenvalue weighted by atomic mass is 19.1. The number of imide groups is 1. The van der Waals surface area contributed by atoms with E-state index in [1.165, 1.54) is 5.32 Å². The van der Waals surface area contributed by atoms with Crippen molar-refractivity contribution in [2.75, 3.05) is 0 Å². The van der Waals surface area contributed by atoms with Crippen LogP contribution < -0.4 is 5.32 Å². The number of carboxylic acid groups (broad SMARTS) is 1. The Kier molecular flexibility index (Phi) is 4.75. The van der Waals surface area contributed by atoms with Crippen molar-refractivity contribution in [2.24, 2.45) is 0 Å². The minimum Gasteiger partial charge on any atom is -0.465 e. The Morgan fingerprint density at radius 3 is 2.67 bits per heavy atom. The third-order valence-electron chi connectivity index (χ3n) is 0.960. The molecule has 6 heteroatoms. The number of amides is 2. The molecule has 70 valence electrons. The molecule has 0 radical (unpaired) electrons. The maximum Gasteiger partial charge on any atom is 0.419 e. The van der Waals surface area contributed by atoms with Crippen molar-refractivity contribution in [3.63, 3.8) is 0 Å². The zero-order chi connectivity index (χ0) is 9.56. The number of ether oxygens (including phenoxy) is 1. The van der Waals surface area contributed by atoms with Gasteiger partial charge in [0.1, 0.15) is 0 Å². The molecule has 0 saturated heterocycles. The zero-order valence-electron chi connectivity index (χ0n) is 6.54. The van der Waals surface area contributed by atoms with Gasteiger partial charge in [0.2, 0.25) is 6.36 Å². The highest BCUT2D eigenvalue weighted by Gasteiger charge is 2.13. The summed E-state index contributed by atoms with van der Waals surface area (Å²) in [5.41, 5.74) is 0. The number of halogens is 1. The fourth-order valence-electron chi connectivity index (χ4n) is 0.519. The molecule has 2 amide bonds. The SMILES string of the molecule is CCCC(F)OC(=O)NC(=O)O. The second-order valence-corrected chi connectivity index (χ2v) is 2.03. The van der Waals surface area contributed by atoms with E-state index in [2.05, 4.69) is 4.74 Å². The summed E-state index contributed by atoms with van der Waals surface area (Å²) in [6.45, 7) is 1.71. The molecule has 1 atom stereocenters. The fourth-order valence-corrected chi connectivity index (χ4v) is 0.519. The molecule has 5 nitrogen and oxygen atoms in total. The van der Waals surface area contributed by atoms with Crippen LogP contribution in [0.2, 0.25) is 0 Å². The molecular weight excluding hydrogens is 169 g/mol. The van der Waals surface area contributed by atoms with Crippen molar-refractivity contribution in [2.45, 2.75) is 26.1 Å². The summed E-state index contributed by atoms with van der Waals surface area (Å²) in [4.78, 5) is 20.2. The predicted octanol–water partition coefficient (Wildman–Crippen LogP) is 1.49. The van der Waals surface area contributed by atoms with E-state index >= 15 is 0 Å². The molecule has 0 heterocycles. The van der Waals surface area contributed by atoms with Gasteiger partial charge in [0, 0.05) is 6.42 Å². The molecule has 0 aromatic carbocycles. The van der Waals surface area contributed by atoms with Crippen molar-refractivity contribution < 1.29 is 23.8 Å². The lowest BCUT2D eigenvalue weighted by molar-refractivity contribution is 0.00898. The highest BCUT2D eigenvalue weighted by Crippen LogP contribution is 2.02. The summed E-state index contributed by atoms with van der Waals surface area (Å²) in [6, 6.07) is 0. The van der Waals surface area contributed by atoms with E-state index in [4.69, 9.17) is 5.11 Å².